The van der Waals surface area contributed by atoms with Gasteiger partial charge < -0.3 is 4.74 Å². The van der Waals surface area contributed by atoms with E-state index in [1.54, 1.807) is 0 Å². The molecule has 1 aromatic rings. The van der Waals surface area contributed by atoms with Crippen molar-refractivity contribution >= 4 is 0 Å². The Bertz CT molecular complexity index is 333. The van der Waals surface area contributed by atoms with Crippen LogP contribution in [-0.2, 0) is 18.2 Å². The molecule has 3 N–H and O–H groups in total. The van der Waals surface area contributed by atoms with Crippen molar-refractivity contribution in [2.45, 2.75) is 44.2 Å². The SMILES string of the molecule is Cn1cc(CCC(CC2CCCO2)NN)cn1. The van der Waals surface area contributed by atoms with Gasteiger partial charge in [0.15, 0.2) is 0 Å². The van der Waals surface area contributed by atoms with Gasteiger partial charge in [0.05, 0.1) is 12.3 Å². The summed E-state index contributed by atoms with van der Waals surface area (Å²) in [6.45, 7) is 0.907. The Morgan fingerprint density at radius 1 is 1.71 bits per heavy atom. The number of nitrogens with one attached hydrogen (secondary N) is 1. The van der Waals surface area contributed by atoms with Crippen LogP contribution in [0, 0.1) is 0 Å². The highest BCUT2D eigenvalue weighted by Gasteiger charge is 2.20. The van der Waals surface area contributed by atoms with Crippen LogP contribution in [0.25, 0.3) is 0 Å². The van der Waals surface area contributed by atoms with Crippen LogP contribution in [0.1, 0.15) is 31.2 Å². The second-order valence-electron chi connectivity index (χ2n) is 4.80. The van der Waals surface area contributed by atoms with Gasteiger partial charge in [0.1, 0.15) is 0 Å². The van der Waals surface area contributed by atoms with Crippen LogP contribution in [0.3, 0.4) is 0 Å². The third-order valence-corrected chi connectivity index (χ3v) is 3.35. The highest BCUT2D eigenvalue weighted by molar-refractivity contribution is 5.04. The maximum atomic E-state index is 5.63. The van der Waals surface area contributed by atoms with E-state index in [0.29, 0.717) is 12.1 Å². The van der Waals surface area contributed by atoms with E-state index < -0.39 is 0 Å². The molecule has 2 heterocycles. The number of hydrazine groups is 1. The predicted molar refractivity (Wildman–Crippen MR) is 66.2 cm³/mol. The van der Waals surface area contributed by atoms with E-state index in [2.05, 4.69) is 16.7 Å². The van der Waals surface area contributed by atoms with Crippen LogP contribution in [0.5, 0.6) is 0 Å². The van der Waals surface area contributed by atoms with Gasteiger partial charge in [0.25, 0.3) is 0 Å². The summed E-state index contributed by atoms with van der Waals surface area (Å²) in [6, 6.07) is 0.332. The first-order valence-corrected chi connectivity index (χ1v) is 6.33. The molecule has 2 rings (SSSR count). The van der Waals surface area contributed by atoms with Crippen molar-refractivity contribution < 1.29 is 4.74 Å². The molecule has 0 amide bonds. The third-order valence-electron chi connectivity index (χ3n) is 3.35. The van der Waals surface area contributed by atoms with E-state index in [9.17, 15) is 0 Å². The lowest BCUT2D eigenvalue weighted by Gasteiger charge is -2.19. The minimum atomic E-state index is 0.332. The number of aromatic nitrogens is 2. The Hall–Kier alpha value is -0.910. The summed E-state index contributed by atoms with van der Waals surface area (Å²) in [5.74, 6) is 5.59. The summed E-state index contributed by atoms with van der Waals surface area (Å²) in [7, 11) is 1.94. The molecule has 1 aliphatic rings. The normalized spacial score (nSPS) is 21.9. The zero-order chi connectivity index (χ0) is 12.1. The molecule has 2 atom stereocenters. The third kappa shape index (κ3) is 3.80. The first-order valence-electron chi connectivity index (χ1n) is 6.33. The van der Waals surface area contributed by atoms with Crippen LogP contribution in [0.2, 0.25) is 0 Å². The van der Waals surface area contributed by atoms with E-state index in [-0.39, 0.29) is 0 Å². The van der Waals surface area contributed by atoms with Crippen LogP contribution >= 0.6 is 0 Å². The van der Waals surface area contributed by atoms with Gasteiger partial charge in [-0.3, -0.25) is 16.0 Å². The van der Waals surface area contributed by atoms with Crippen molar-refractivity contribution in [3.8, 4) is 0 Å². The second-order valence-corrected chi connectivity index (χ2v) is 4.80. The van der Waals surface area contributed by atoms with Gasteiger partial charge in [-0.1, -0.05) is 0 Å². The highest BCUT2D eigenvalue weighted by atomic mass is 16.5. The van der Waals surface area contributed by atoms with Crippen molar-refractivity contribution in [3.05, 3.63) is 18.0 Å². The Balaban J connectivity index is 1.74. The summed E-state index contributed by atoms with van der Waals surface area (Å²) in [6.07, 6.45) is 9.77. The van der Waals surface area contributed by atoms with E-state index in [4.69, 9.17) is 10.6 Å². The lowest BCUT2D eigenvalue weighted by Crippen LogP contribution is -2.38. The van der Waals surface area contributed by atoms with Gasteiger partial charge in [-0.15, -0.1) is 0 Å². The minimum absolute atomic E-state index is 0.332. The zero-order valence-corrected chi connectivity index (χ0v) is 10.4. The molecule has 1 fully saturated rings. The molecular formula is C12H22N4O. The maximum Gasteiger partial charge on any atom is 0.0591 e. The lowest BCUT2D eigenvalue weighted by molar-refractivity contribution is 0.0936. The summed E-state index contributed by atoms with van der Waals surface area (Å²) in [5, 5.41) is 4.16. The fourth-order valence-electron chi connectivity index (χ4n) is 2.36. The fourth-order valence-corrected chi connectivity index (χ4v) is 2.36. The number of hydrogen-bond donors (Lipinski definition) is 2. The molecule has 5 heteroatoms. The number of rotatable bonds is 6. The maximum absolute atomic E-state index is 5.63. The topological polar surface area (TPSA) is 65.1 Å². The predicted octanol–water partition coefficient (Wildman–Crippen LogP) is 0.754. The average Bonchev–Trinajstić information content (AvgIpc) is 2.96. The molecule has 5 nitrogen and oxygen atoms in total. The zero-order valence-electron chi connectivity index (χ0n) is 10.4. The average molecular weight is 238 g/mol. The smallest absolute Gasteiger partial charge is 0.0591 e. The van der Waals surface area contributed by atoms with E-state index in [1.807, 2.05) is 17.9 Å². The van der Waals surface area contributed by atoms with Gasteiger partial charge in [-0.2, -0.15) is 5.10 Å². The summed E-state index contributed by atoms with van der Waals surface area (Å²) < 4.78 is 7.46. The van der Waals surface area contributed by atoms with Gasteiger partial charge in [-0.25, -0.2) is 0 Å². The number of nitrogens with zero attached hydrogens (tertiary/aromatic N) is 2. The molecule has 0 saturated carbocycles. The molecule has 17 heavy (non-hydrogen) atoms. The number of nitrogens with two attached hydrogens (primary N) is 1. The van der Waals surface area contributed by atoms with Crippen molar-refractivity contribution in [1.82, 2.24) is 15.2 Å². The van der Waals surface area contributed by atoms with Gasteiger partial charge in [-0.05, 0) is 37.7 Å². The van der Waals surface area contributed by atoms with Gasteiger partial charge in [0.2, 0.25) is 0 Å². The monoisotopic (exact) mass is 238 g/mol. The number of hydrogen-bond acceptors (Lipinski definition) is 4. The highest BCUT2D eigenvalue weighted by Crippen LogP contribution is 2.18. The summed E-state index contributed by atoms with van der Waals surface area (Å²) in [4.78, 5) is 0. The Morgan fingerprint density at radius 2 is 2.59 bits per heavy atom. The standard InChI is InChI=1S/C12H22N4O/c1-16-9-10(8-14-16)4-5-11(15-13)7-12-3-2-6-17-12/h8-9,11-12,15H,2-7,13H2,1H3. The van der Waals surface area contributed by atoms with Gasteiger partial charge in [0, 0.05) is 25.9 Å². The molecule has 0 bridgehead atoms. The van der Waals surface area contributed by atoms with Crippen LogP contribution in [0.15, 0.2) is 12.4 Å². The summed E-state index contributed by atoms with van der Waals surface area (Å²) in [5.41, 5.74) is 4.16. The lowest BCUT2D eigenvalue weighted by atomic mass is 10.0. The van der Waals surface area contributed by atoms with Crippen molar-refractivity contribution in [1.29, 1.82) is 0 Å². The molecule has 96 valence electrons. The van der Waals surface area contributed by atoms with E-state index in [1.165, 1.54) is 18.4 Å². The molecular weight excluding hydrogens is 216 g/mol. The quantitative estimate of drug-likeness (QED) is 0.567. The van der Waals surface area contributed by atoms with Gasteiger partial charge >= 0.3 is 0 Å². The van der Waals surface area contributed by atoms with Crippen molar-refractivity contribution in [2.75, 3.05) is 6.61 Å². The first-order chi connectivity index (χ1) is 8.28. The van der Waals surface area contributed by atoms with Crippen molar-refractivity contribution in [2.24, 2.45) is 12.9 Å². The van der Waals surface area contributed by atoms with Crippen molar-refractivity contribution in [3.63, 3.8) is 0 Å². The minimum Gasteiger partial charge on any atom is -0.378 e. The Labute approximate surface area is 102 Å². The van der Waals surface area contributed by atoms with E-state index in [0.717, 1.165) is 25.9 Å². The molecule has 0 spiro atoms. The molecule has 0 aliphatic carbocycles. The molecule has 0 radical (unpaired) electrons. The Morgan fingerprint density at radius 3 is 3.18 bits per heavy atom. The van der Waals surface area contributed by atoms with E-state index >= 15 is 0 Å². The molecule has 1 aliphatic heterocycles. The molecule has 0 aromatic carbocycles. The molecule has 1 saturated heterocycles. The number of ether oxygens (including phenoxy) is 1. The Kier molecular flexibility index (Phi) is 4.53. The van der Waals surface area contributed by atoms with Crippen LogP contribution in [0.4, 0.5) is 0 Å². The molecule has 1 aromatic heterocycles. The first kappa shape index (κ1) is 12.5. The summed E-state index contributed by atoms with van der Waals surface area (Å²) >= 11 is 0. The largest absolute Gasteiger partial charge is 0.378 e. The number of aryl methyl sites for hydroxylation is 2. The molecule has 2 unspecified atom stereocenters. The van der Waals surface area contributed by atoms with Crippen LogP contribution in [-0.4, -0.2) is 28.5 Å². The van der Waals surface area contributed by atoms with Crippen LogP contribution < -0.4 is 11.3 Å². The fraction of sp³-hybridized carbons (Fsp3) is 0.750. The second kappa shape index (κ2) is 6.14.